The molecule has 2 fully saturated rings. The Kier molecular flexibility index (Phi) is 5.32. The van der Waals surface area contributed by atoms with Crippen LogP contribution < -0.4 is 5.56 Å². The van der Waals surface area contributed by atoms with Crippen LogP contribution in [0, 0.1) is 0 Å². The Morgan fingerprint density at radius 3 is 2.31 bits per heavy atom. The van der Waals surface area contributed by atoms with Gasteiger partial charge in [-0.25, -0.2) is 9.67 Å². The number of aromatic nitrogens is 4. The third-order valence-corrected chi connectivity index (χ3v) is 7.43. The van der Waals surface area contributed by atoms with Crippen LogP contribution in [0.15, 0.2) is 71.9 Å². The molecule has 3 heterocycles. The number of piperidine rings is 1. The van der Waals surface area contributed by atoms with Crippen molar-refractivity contribution in [1.82, 2.24) is 24.2 Å². The highest BCUT2D eigenvalue weighted by molar-refractivity contribution is 5.74. The zero-order valence-corrected chi connectivity index (χ0v) is 19.5. The van der Waals surface area contributed by atoms with Gasteiger partial charge in [-0.3, -0.25) is 14.3 Å². The molecule has 0 spiro atoms. The highest BCUT2D eigenvalue weighted by Gasteiger charge is 2.42. The van der Waals surface area contributed by atoms with E-state index in [-0.39, 0.29) is 12.1 Å². The molecule has 0 radical (unpaired) electrons. The lowest BCUT2D eigenvalue weighted by Crippen LogP contribution is -2.47. The number of aliphatic hydroxyl groups is 2. The van der Waals surface area contributed by atoms with Gasteiger partial charge in [0, 0.05) is 19.6 Å². The van der Waals surface area contributed by atoms with E-state index < -0.39 is 11.2 Å². The van der Waals surface area contributed by atoms with Crippen molar-refractivity contribution >= 4 is 11.0 Å². The van der Waals surface area contributed by atoms with Crippen LogP contribution in [0.1, 0.15) is 36.8 Å². The largest absolute Gasteiger partial charge is 0.388 e. The summed E-state index contributed by atoms with van der Waals surface area (Å²) in [6.45, 7) is 2.52. The molecule has 0 atom stereocenters. The standard InChI is InChI=1S/C27H29N5O3/c33-25-23-16-29-32(22-4-2-1-3-5-22)24(23)28-19-31(25)18-26(34)12-14-30(15-13-26)17-20-6-8-21(9-7-20)27(35)10-11-27/h1-9,16,19,34-35H,10-15,17-18H2. The SMILES string of the molecule is O=c1c2cnn(-c3ccccc3)c2ncn1CC1(O)CCN(Cc2ccc(C3(O)CC3)cc2)CC1. The summed E-state index contributed by atoms with van der Waals surface area (Å²) in [5, 5.41) is 26.3. The molecule has 1 aliphatic heterocycles. The van der Waals surface area contributed by atoms with Crippen molar-refractivity contribution in [3.8, 4) is 5.69 Å². The van der Waals surface area contributed by atoms with Crippen LogP contribution in [-0.2, 0) is 18.7 Å². The van der Waals surface area contributed by atoms with Gasteiger partial charge in [0.25, 0.3) is 5.56 Å². The topological polar surface area (TPSA) is 96.4 Å². The summed E-state index contributed by atoms with van der Waals surface area (Å²) in [6.07, 6.45) is 5.92. The number of para-hydroxylation sites is 1. The van der Waals surface area contributed by atoms with E-state index in [9.17, 15) is 15.0 Å². The molecule has 8 heteroatoms. The van der Waals surface area contributed by atoms with Crippen molar-refractivity contribution in [3.63, 3.8) is 0 Å². The first-order chi connectivity index (χ1) is 16.9. The summed E-state index contributed by atoms with van der Waals surface area (Å²) in [7, 11) is 0. The minimum absolute atomic E-state index is 0.189. The van der Waals surface area contributed by atoms with Gasteiger partial charge >= 0.3 is 0 Å². The molecule has 2 aromatic heterocycles. The maximum Gasteiger partial charge on any atom is 0.264 e. The van der Waals surface area contributed by atoms with Crippen molar-refractivity contribution in [2.45, 2.75) is 50.0 Å². The number of benzene rings is 2. The average Bonchev–Trinajstić information content (AvgIpc) is 3.48. The van der Waals surface area contributed by atoms with Crippen LogP contribution in [0.4, 0.5) is 0 Å². The first-order valence-electron chi connectivity index (χ1n) is 12.2. The molecule has 1 aliphatic carbocycles. The van der Waals surface area contributed by atoms with Gasteiger partial charge in [0.2, 0.25) is 0 Å². The summed E-state index contributed by atoms with van der Waals surface area (Å²) in [4.78, 5) is 19.9. The zero-order chi connectivity index (χ0) is 24.0. The Balaban J connectivity index is 1.12. The van der Waals surface area contributed by atoms with Crippen LogP contribution in [0.3, 0.4) is 0 Å². The predicted octanol–water partition coefficient (Wildman–Crippen LogP) is 2.59. The smallest absolute Gasteiger partial charge is 0.264 e. The van der Waals surface area contributed by atoms with E-state index in [1.807, 2.05) is 42.5 Å². The van der Waals surface area contributed by atoms with E-state index in [1.54, 1.807) is 10.9 Å². The molecule has 1 saturated carbocycles. The minimum atomic E-state index is -0.954. The Morgan fingerprint density at radius 1 is 0.914 bits per heavy atom. The van der Waals surface area contributed by atoms with E-state index in [2.05, 4.69) is 27.1 Å². The van der Waals surface area contributed by atoms with Gasteiger partial charge in [-0.2, -0.15) is 5.10 Å². The first kappa shape index (κ1) is 22.2. The third-order valence-electron chi connectivity index (χ3n) is 7.43. The van der Waals surface area contributed by atoms with Gasteiger partial charge in [0.1, 0.15) is 11.7 Å². The van der Waals surface area contributed by atoms with Crippen molar-refractivity contribution in [3.05, 3.63) is 88.6 Å². The fraction of sp³-hybridized carbons (Fsp3) is 0.370. The van der Waals surface area contributed by atoms with Crippen LogP contribution in [0.25, 0.3) is 16.7 Å². The van der Waals surface area contributed by atoms with Crippen molar-refractivity contribution in [2.24, 2.45) is 0 Å². The number of fused-ring (bicyclic) bond motifs is 1. The number of rotatable bonds is 6. The van der Waals surface area contributed by atoms with Gasteiger partial charge in [-0.1, -0.05) is 42.5 Å². The molecular formula is C27H29N5O3. The van der Waals surface area contributed by atoms with Gasteiger partial charge < -0.3 is 10.2 Å². The van der Waals surface area contributed by atoms with Crippen LogP contribution in [0.2, 0.25) is 0 Å². The molecule has 0 amide bonds. The third kappa shape index (κ3) is 4.29. The minimum Gasteiger partial charge on any atom is -0.388 e. The molecule has 6 rings (SSSR count). The fourth-order valence-electron chi connectivity index (χ4n) is 5.01. The summed E-state index contributed by atoms with van der Waals surface area (Å²) in [6, 6.07) is 17.8. The van der Waals surface area contributed by atoms with E-state index in [0.29, 0.717) is 23.9 Å². The Hall–Kier alpha value is -3.33. The van der Waals surface area contributed by atoms with Crippen LogP contribution >= 0.6 is 0 Å². The second kappa shape index (κ2) is 8.41. The Labute approximate surface area is 203 Å². The lowest BCUT2D eigenvalue weighted by atomic mass is 9.91. The maximum absolute atomic E-state index is 13.1. The first-order valence-corrected chi connectivity index (χ1v) is 12.2. The molecule has 0 bridgehead atoms. The Bertz CT molecular complexity index is 1400. The van der Waals surface area contributed by atoms with Gasteiger partial charge in [-0.05, 0) is 48.9 Å². The highest BCUT2D eigenvalue weighted by atomic mass is 16.3. The number of hydrogen-bond donors (Lipinski definition) is 2. The Morgan fingerprint density at radius 2 is 1.63 bits per heavy atom. The quantitative estimate of drug-likeness (QED) is 0.449. The van der Waals surface area contributed by atoms with Crippen LogP contribution in [-0.4, -0.2) is 53.1 Å². The molecule has 2 aliphatic rings. The molecule has 35 heavy (non-hydrogen) atoms. The van der Waals surface area contributed by atoms with Crippen molar-refractivity contribution < 1.29 is 10.2 Å². The predicted molar refractivity (Wildman–Crippen MR) is 132 cm³/mol. The molecule has 2 aromatic carbocycles. The molecule has 4 aromatic rings. The summed E-state index contributed by atoms with van der Waals surface area (Å²) in [5.74, 6) is 0. The van der Waals surface area contributed by atoms with Gasteiger partial charge in [-0.15, -0.1) is 0 Å². The van der Waals surface area contributed by atoms with E-state index >= 15 is 0 Å². The molecule has 180 valence electrons. The second-order valence-corrected chi connectivity index (χ2v) is 10.0. The number of nitrogens with zero attached hydrogens (tertiary/aromatic N) is 5. The molecule has 8 nitrogen and oxygen atoms in total. The van der Waals surface area contributed by atoms with Crippen molar-refractivity contribution in [1.29, 1.82) is 0 Å². The van der Waals surface area contributed by atoms with E-state index in [0.717, 1.165) is 43.7 Å². The normalized spacial score (nSPS) is 19.1. The fourth-order valence-corrected chi connectivity index (χ4v) is 5.01. The summed E-state index contributed by atoms with van der Waals surface area (Å²) >= 11 is 0. The van der Waals surface area contributed by atoms with E-state index in [4.69, 9.17) is 0 Å². The van der Waals surface area contributed by atoms with Crippen LogP contribution in [0.5, 0.6) is 0 Å². The summed E-state index contributed by atoms with van der Waals surface area (Å²) in [5.41, 5.74) is 1.81. The van der Waals surface area contributed by atoms with Gasteiger partial charge in [0.05, 0.1) is 29.6 Å². The molecular weight excluding hydrogens is 442 g/mol. The average molecular weight is 472 g/mol. The number of likely N-dealkylation sites (tertiary alicyclic amines) is 1. The highest BCUT2D eigenvalue weighted by Crippen LogP contribution is 2.45. The molecule has 0 unspecified atom stereocenters. The van der Waals surface area contributed by atoms with Crippen molar-refractivity contribution in [2.75, 3.05) is 13.1 Å². The maximum atomic E-state index is 13.1. The lowest BCUT2D eigenvalue weighted by Gasteiger charge is -2.38. The summed E-state index contributed by atoms with van der Waals surface area (Å²) < 4.78 is 3.17. The molecule has 1 saturated heterocycles. The number of hydrogen-bond acceptors (Lipinski definition) is 6. The zero-order valence-electron chi connectivity index (χ0n) is 19.5. The van der Waals surface area contributed by atoms with E-state index in [1.165, 1.54) is 16.5 Å². The van der Waals surface area contributed by atoms with Gasteiger partial charge in [0.15, 0.2) is 5.65 Å². The second-order valence-electron chi connectivity index (χ2n) is 10.0. The lowest BCUT2D eigenvalue weighted by molar-refractivity contribution is -0.0364. The monoisotopic (exact) mass is 471 g/mol. The molecule has 2 N–H and O–H groups in total.